The van der Waals surface area contributed by atoms with Gasteiger partial charge in [0.2, 0.25) is 0 Å². The van der Waals surface area contributed by atoms with E-state index >= 15 is 0 Å². The molecule has 2 aliphatic heterocycles. The van der Waals surface area contributed by atoms with Crippen LogP contribution in [0.2, 0.25) is 0 Å². The van der Waals surface area contributed by atoms with E-state index in [9.17, 15) is 18.4 Å². The largest absolute Gasteiger partial charge is 0.491 e. The molecule has 0 N–H and O–H groups in total. The zero-order valence-corrected chi connectivity index (χ0v) is 18.8. The summed E-state index contributed by atoms with van der Waals surface area (Å²) in [4.78, 5) is 31.9. The Labute approximate surface area is 194 Å². The number of aryl methyl sites for hydroxylation is 1. The van der Waals surface area contributed by atoms with E-state index in [0.717, 1.165) is 5.69 Å². The number of hydrogen-bond acceptors (Lipinski definition) is 5. The molecule has 34 heavy (non-hydrogen) atoms. The lowest BCUT2D eigenvalue weighted by Gasteiger charge is -2.34. The lowest BCUT2D eigenvalue weighted by Crippen LogP contribution is -2.50. The van der Waals surface area contributed by atoms with Crippen LogP contribution in [0.3, 0.4) is 0 Å². The minimum absolute atomic E-state index is 0.115. The number of fused-ring (bicyclic) bond motifs is 2. The summed E-state index contributed by atoms with van der Waals surface area (Å²) < 4.78 is 41.9. The second kappa shape index (κ2) is 8.27. The van der Waals surface area contributed by atoms with Crippen molar-refractivity contribution in [3.63, 3.8) is 0 Å². The van der Waals surface area contributed by atoms with E-state index in [1.54, 1.807) is 52.3 Å². The van der Waals surface area contributed by atoms with Gasteiger partial charge in [-0.25, -0.2) is 13.8 Å². The first-order valence-corrected chi connectivity index (χ1v) is 11.0. The average molecular weight is 470 g/mol. The molecule has 0 radical (unpaired) electrons. The summed E-state index contributed by atoms with van der Waals surface area (Å²) in [5.74, 6) is -2.52. The van der Waals surface area contributed by atoms with E-state index in [1.807, 2.05) is 13.8 Å². The Balaban J connectivity index is 1.32. The van der Waals surface area contributed by atoms with Crippen LogP contribution < -0.4 is 15.0 Å². The molecule has 10 heteroatoms. The molecule has 0 aliphatic carbocycles. The fourth-order valence-electron chi connectivity index (χ4n) is 4.39. The maximum absolute atomic E-state index is 13.8. The van der Waals surface area contributed by atoms with Crippen LogP contribution in [0.5, 0.6) is 11.5 Å². The molecule has 1 atom stereocenters. The predicted molar refractivity (Wildman–Crippen MR) is 119 cm³/mol. The van der Waals surface area contributed by atoms with E-state index in [4.69, 9.17) is 9.47 Å². The van der Waals surface area contributed by atoms with Crippen molar-refractivity contribution in [3.05, 3.63) is 70.2 Å². The molecule has 8 nitrogen and oxygen atoms in total. The van der Waals surface area contributed by atoms with Gasteiger partial charge in [0.15, 0.2) is 6.61 Å². The molecule has 0 fully saturated rings. The number of hydrogen-bond donors (Lipinski definition) is 0. The molecule has 0 spiro atoms. The van der Waals surface area contributed by atoms with E-state index in [2.05, 4.69) is 4.98 Å². The van der Waals surface area contributed by atoms with Gasteiger partial charge in [0.05, 0.1) is 18.1 Å². The van der Waals surface area contributed by atoms with Gasteiger partial charge in [0.25, 0.3) is 17.4 Å². The van der Waals surface area contributed by atoms with Gasteiger partial charge in [0.1, 0.15) is 29.5 Å². The number of aromatic nitrogens is 3. The van der Waals surface area contributed by atoms with Gasteiger partial charge < -0.3 is 23.5 Å². The molecule has 178 valence electrons. The second-order valence-electron chi connectivity index (χ2n) is 8.70. The van der Waals surface area contributed by atoms with Crippen molar-refractivity contribution in [1.82, 2.24) is 19.0 Å². The number of nitrogens with zero attached hydrogens (tertiary/aromatic N) is 4. The number of carbonyl (C=O) groups excluding carboxylic acids is 1. The van der Waals surface area contributed by atoms with Crippen molar-refractivity contribution >= 4 is 5.91 Å². The topological polar surface area (TPSA) is 78.6 Å². The standard InChI is InChI=1S/C24H24F2N4O4/c1-15-11-28(14-27-15)18-6-7-19-23(32)29(8-9-30(19)22(18)31)16(2)12-33-20-4-3-5-21-17(20)10-24(25,26)13-34-21/h3-7,11,14,16H,8-10,12-13H2,1-2H3/t16-/m0/s1. The Morgan fingerprint density at radius 1 is 1.21 bits per heavy atom. The first-order chi connectivity index (χ1) is 16.2. The molecule has 0 unspecified atom stereocenters. The summed E-state index contributed by atoms with van der Waals surface area (Å²) in [6.45, 7) is 3.80. The van der Waals surface area contributed by atoms with Gasteiger partial charge in [-0.1, -0.05) is 6.07 Å². The van der Waals surface area contributed by atoms with Gasteiger partial charge >= 0.3 is 0 Å². The predicted octanol–water partition coefficient (Wildman–Crippen LogP) is 2.84. The van der Waals surface area contributed by atoms with Crippen molar-refractivity contribution in [1.29, 1.82) is 0 Å². The molecule has 1 aromatic carbocycles. The van der Waals surface area contributed by atoms with Gasteiger partial charge in [0, 0.05) is 31.3 Å². The van der Waals surface area contributed by atoms with E-state index in [0.29, 0.717) is 41.5 Å². The highest BCUT2D eigenvalue weighted by atomic mass is 19.3. The maximum Gasteiger partial charge on any atom is 0.285 e. The number of pyridine rings is 1. The highest BCUT2D eigenvalue weighted by Crippen LogP contribution is 2.38. The fraction of sp³-hybridized carbons (Fsp3) is 0.375. The van der Waals surface area contributed by atoms with Crippen LogP contribution in [0.25, 0.3) is 5.69 Å². The number of alkyl halides is 2. The molecule has 4 heterocycles. The number of imidazole rings is 1. The molecule has 3 aromatic rings. The SMILES string of the molecule is Cc1cn(-c2ccc3n(c2=O)CCN([C@@H](C)COc2cccc4c2CC(F)(F)CO4)C3=O)cn1. The Morgan fingerprint density at radius 2 is 2.03 bits per heavy atom. The van der Waals surface area contributed by atoms with Crippen LogP contribution in [-0.2, 0) is 13.0 Å². The lowest BCUT2D eigenvalue weighted by atomic mass is 10.0. The molecule has 1 amide bonds. The Hall–Kier alpha value is -3.69. The summed E-state index contributed by atoms with van der Waals surface area (Å²) in [6.07, 6.45) is 2.87. The van der Waals surface area contributed by atoms with Gasteiger partial charge in [-0.05, 0) is 38.1 Å². The quantitative estimate of drug-likeness (QED) is 0.573. The molecule has 5 rings (SSSR count). The normalized spacial score (nSPS) is 17.5. The van der Waals surface area contributed by atoms with Crippen molar-refractivity contribution in [2.75, 3.05) is 19.8 Å². The monoisotopic (exact) mass is 470 g/mol. The number of ether oxygens (including phenoxy) is 2. The zero-order chi connectivity index (χ0) is 24.0. The molecule has 0 saturated carbocycles. The van der Waals surface area contributed by atoms with Crippen LogP contribution in [0, 0.1) is 6.92 Å². The molecule has 0 bridgehead atoms. The Kier molecular flexibility index (Phi) is 5.38. The summed E-state index contributed by atoms with van der Waals surface area (Å²) in [5.41, 5.74) is 1.58. The van der Waals surface area contributed by atoms with Crippen molar-refractivity contribution in [2.45, 2.75) is 38.8 Å². The first kappa shape index (κ1) is 22.1. The van der Waals surface area contributed by atoms with Crippen molar-refractivity contribution in [3.8, 4) is 17.2 Å². The molecule has 0 saturated heterocycles. The fourth-order valence-corrected chi connectivity index (χ4v) is 4.39. The first-order valence-electron chi connectivity index (χ1n) is 11.0. The molecule has 2 aromatic heterocycles. The third-order valence-corrected chi connectivity index (χ3v) is 6.16. The third-order valence-electron chi connectivity index (χ3n) is 6.16. The van der Waals surface area contributed by atoms with Gasteiger partial charge in [-0.15, -0.1) is 0 Å². The summed E-state index contributed by atoms with van der Waals surface area (Å²) in [5, 5.41) is 0. The minimum Gasteiger partial charge on any atom is -0.491 e. The Bertz CT molecular complexity index is 1320. The van der Waals surface area contributed by atoms with Gasteiger partial charge in [-0.3, -0.25) is 9.59 Å². The number of rotatable bonds is 5. The third kappa shape index (κ3) is 3.93. The maximum atomic E-state index is 13.8. The number of halogens is 2. The van der Waals surface area contributed by atoms with Gasteiger partial charge in [-0.2, -0.15) is 0 Å². The highest BCUT2D eigenvalue weighted by molar-refractivity contribution is 5.93. The van der Waals surface area contributed by atoms with Crippen LogP contribution in [0.1, 0.15) is 28.7 Å². The highest BCUT2D eigenvalue weighted by Gasteiger charge is 2.37. The lowest BCUT2D eigenvalue weighted by molar-refractivity contribution is -0.0522. The van der Waals surface area contributed by atoms with Crippen LogP contribution in [0.15, 0.2) is 47.7 Å². The van der Waals surface area contributed by atoms with Crippen LogP contribution >= 0.6 is 0 Å². The van der Waals surface area contributed by atoms with E-state index in [-0.39, 0.29) is 24.1 Å². The van der Waals surface area contributed by atoms with Crippen LogP contribution in [-0.4, -0.2) is 56.6 Å². The van der Waals surface area contributed by atoms with Crippen molar-refractivity contribution in [2.24, 2.45) is 0 Å². The summed E-state index contributed by atoms with van der Waals surface area (Å²) >= 11 is 0. The molecular formula is C24H24F2N4O4. The summed E-state index contributed by atoms with van der Waals surface area (Å²) in [6, 6.07) is 7.88. The second-order valence-corrected chi connectivity index (χ2v) is 8.70. The minimum atomic E-state index is -2.95. The zero-order valence-electron chi connectivity index (χ0n) is 18.8. The number of carbonyl (C=O) groups is 1. The van der Waals surface area contributed by atoms with E-state index in [1.165, 1.54) is 4.57 Å². The smallest absolute Gasteiger partial charge is 0.285 e. The number of benzene rings is 1. The van der Waals surface area contributed by atoms with Crippen molar-refractivity contribution < 1.29 is 23.0 Å². The average Bonchev–Trinajstić information content (AvgIpc) is 3.23. The molecule has 2 aliphatic rings. The number of amides is 1. The molecular weight excluding hydrogens is 446 g/mol. The van der Waals surface area contributed by atoms with Crippen LogP contribution in [0.4, 0.5) is 8.78 Å². The Morgan fingerprint density at radius 3 is 2.79 bits per heavy atom. The summed E-state index contributed by atoms with van der Waals surface area (Å²) in [7, 11) is 0. The van der Waals surface area contributed by atoms with E-state index < -0.39 is 19.0 Å².